The van der Waals surface area contributed by atoms with Crippen molar-refractivity contribution in [2.24, 2.45) is 0 Å². The Morgan fingerprint density at radius 2 is 2.24 bits per heavy atom. The number of aromatic nitrogens is 1. The Morgan fingerprint density at radius 3 is 2.82 bits per heavy atom. The lowest BCUT2D eigenvalue weighted by Gasteiger charge is -2.10. The molecule has 0 saturated heterocycles. The van der Waals surface area contributed by atoms with E-state index in [0.717, 1.165) is 15.8 Å². The molecule has 0 radical (unpaired) electrons. The Labute approximate surface area is 103 Å². The van der Waals surface area contributed by atoms with Crippen molar-refractivity contribution in [2.75, 3.05) is 19.8 Å². The van der Waals surface area contributed by atoms with Gasteiger partial charge in [0.25, 0.3) is 5.91 Å². The Morgan fingerprint density at radius 1 is 1.53 bits per heavy atom. The van der Waals surface area contributed by atoms with Crippen LogP contribution in [0.15, 0.2) is 12.3 Å². The number of hydrogen-bond acceptors (Lipinski definition) is 5. The van der Waals surface area contributed by atoms with Crippen molar-refractivity contribution in [1.29, 1.82) is 0 Å². The van der Waals surface area contributed by atoms with Crippen LogP contribution in [0.4, 0.5) is 5.69 Å². The van der Waals surface area contributed by atoms with Crippen molar-refractivity contribution < 1.29 is 4.79 Å². The maximum atomic E-state index is 11.9. The van der Waals surface area contributed by atoms with Crippen LogP contribution in [0.5, 0.6) is 0 Å². The molecule has 90 valence electrons. The van der Waals surface area contributed by atoms with Crippen LogP contribution in [0.3, 0.4) is 0 Å². The molecule has 0 aromatic carbocycles. The number of hydrogen-bond donors (Lipinski definition) is 2. The van der Waals surface area contributed by atoms with Gasteiger partial charge in [-0.25, -0.2) is 9.99 Å². The number of nitrogens with two attached hydrogens (primary N) is 1. The van der Waals surface area contributed by atoms with Crippen LogP contribution in [0.25, 0.3) is 10.2 Å². The zero-order valence-corrected chi connectivity index (χ0v) is 10.8. The lowest BCUT2D eigenvalue weighted by molar-refractivity contribution is 0.0862. The number of fused-ring (bicyclic) bond motifs is 1. The molecule has 0 aliphatic heterocycles. The van der Waals surface area contributed by atoms with Crippen LogP contribution in [0, 0.1) is 6.92 Å². The Balaban J connectivity index is 2.53. The largest absolute Gasteiger partial charge is 0.397 e. The highest BCUT2D eigenvalue weighted by molar-refractivity contribution is 7.21. The van der Waals surface area contributed by atoms with E-state index in [4.69, 9.17) is 5.73 Å². The summed E-state index contributed by atoms with van der Waals surface area (Å²) in [5.41, 5.74) is 10.2. The van der Waals surface area contributed by atoms with Crippen LogP contribution in [-0.2, 0) is 0 Å². The monoisotopic (exact) mass is 250 g/mol. The van der Waals surface area contributed by atoms with Crippen LogP contribution in [0.1, 0.15) is 15.2 Å². The number of rotatable bonds is 2. The first kappa shape index (κ1) is 11.8. The fourth-order valence-electron chi connectivity index (χ4n) is 1.63. The molecular weight excluding hydrogens is 236 g/mol. The Kier molecular flexibility index (Phi) is 2.99. The van der Waals surface area contributed by atoms with Crippen LogP contribution in [-0.4, -0.2) is 30.0 Å². The van der Waals surface area contributed by atoms with Crippen LogP contribution >= 0.6 is 11.3 Å². The summed E-state index contributed by atoms with van der Waals surface area (Å²) in [6.07, 6.45) is 1.72. The summed E-state index contributed by atoms with van der Waals surface area (Å²) in [6, 6.07) is 1.89. The lowest BCUT2D eigenvalue weighted by Crippen LogP contribution is -2.35. The zero-order valence-electron chi connectivity index (χ0n) is 9.94. The van der Waals surface area contributed by atoms with E-state index in [-0.39, 0.29) is 5.91 Å². The molecule has 0 bridgehead atoms. The second-order valence-corrected chi connectivity index (χ2v) is 4.99. The molecular formula is C11H14N4OS. The third-order valence-electron chi connectivity index (χ3n) is 2.37. The average Bonchev–Trinajstić information content (AvgIpc) is 2.56. The van der Waals surface area contributed by atoms with E-state index >= 15 is 0 Å². The SMILES string of the molecule is Cc1ccnc2sc(C(=O)NN(C)C)c(N)c12. The van der Waals surface area contributed by atoms with Crippen molar-refractivity contribution in [3.63, 3.8) is 0 Å². The van der Waals surface area contributed by atoms with Gasteiger partial charge in [-0.3, -0.25) is 10.2 Å². The number of carbonyl (C=O) groups excluding carboxylic acids is 1. The van der Waals surface area contributed by atoms with E-state index in [1.165, 1.54) is 11.3 Å². The minimum absolute atomic E-state index is 0.199. The van der Waals surface area contributed by atoms with E-state index in [9.17, 15) is 4.79 Å². The van der Waals surface area contributed by atoms with Crippen LogP contribution < -0.4 is 11.2 Å². The van der Waals surface area contributed by atoms with Gasteiger partial charge in [-0.15, -0.1) is 11.3 Å². The van der Waals surface area contributed by atoms with Crippen molar-refractivity contribution in [3.8, 4) is 0 Å². The summed E-state index contributed by atoms with van der Waals surface area (Å²) >= 11 is 1.31. The van der Waals surface area contributed by atoms with E-state index in [0.29, 0.717) is 10.6 Å². The fourth-order valence-corrected chi connectivity index (χ4v) is 2.66. The molecule has 0 atom stereocenters. The van der Waals surface area contributed by atoms with E-state index in [1.807, 2.05) is 13.0 Å². The summed E-state index contributed by atoms with van der Waals surface area (Å²) in [6.45, 7) is 1.96. The molecule has 5 nitrogen and oxygen atoms in total. The number of anilines is 1. The molecule has 0 saturated carbocycles. The second kappa shape index (κ2) is 4.31. The highest BCUT2D eigenvalue weighted by atomic mass is 32.1. The molecule has 2 aromatic rings. The quantitative estimate of drug-likeness (QED) is 0.790. The molecule has 1 amide bonds. The van der Waals surface area contributed by atoms with Gasteiger partial charge in [-0.2, -0.15) is 0 Å². The molecule has 0 unspecified atom stereocenters. The molecule has 2 aromatic heterocycles. The van der Waals surface area contributed by atoms with Crippen molar-refractivity contribution >= 4 is 33.1 Å². The summed E-state index contributed by atoms with van der Waals surface area (Å²) in [5, 5.41) is 2.47. The summed E-state index contributed by atoms with van der Waals surface area (Å²) in [4.78, 5) is 17.4. The van der Waals surface area contributed by atoms with Gasteiger partial charge in [0.2, 0.25) is 0 Å². The highest BCUT2D eigenvalue weighted by Gasteiger charge is 2.18. The van der Waals surface area contributed by atoms with Gasteiger partial charge in [0.15, 0.2) is 0 Å². The number of hydrazine groups is 1. The minimum Gasteiger partial charge on any atom is -0.397 e. The number of nitrogens with zero attached hydrogens (tertiary/aromatic N) is 2. The maximum Gasteiger partial charge on any atom is 0.277 e. The van der Waals surface area contributed by atoms with Gasteiger partial charge in [-0.1, -0.05) is 0 Å². The number of thiophene rings is 1. The first-order chi connectivity index (χ1) is 8.00. The molecule has 0 aliphatic carbocycles. The molecule has 2 rings (SSSR count). The highest BCUT2D eigenvalue weighted by Crippen LogP contribution is 2.34. The summed E-state index contributed by atoms with van der Waals surface area (Å²) < 4.78 is 0. The van der Waals surface area contributed by atoms with Gasteiger partial charge >= 0.3 is 0 Å². The average molecular weight is 250 g/mol. The smallest absolute Gasteiger partial charge is 0.277 e. The first-order valence-corrected chi connectivity index (χ1v) is 5.94. The van der Waals surface area contributed by atoms with Gasteiger partial charge in [0.05, 0.1) is 5.69 Å². The standard InChI is InChI=1S/C11H14N4OS/c1-6-4-5-13-11-7(6)8(12)9(17-11)10(16)14-15(2)3/h4-5H,12H2,1-3H3,(H,14,16). The van der Waals surface area contributed by atoms with Crippen molar-refractivity contribution in [2.45, 2.75) is 6.92 Å². The molecule has 0 aliphatic rings. The van der Waals surface area contributed by atoms with Gasteiger partial charge in [0.1, 0.15) is 9.71 Å². The van der Waals surface area contributed by atoms with E-state index in [2.05, 4.69) is 10.4 Å². The summed E-state index contributed by atoms with van der Waals surface area (Å²) in [5.74, 6) is -0.199. The van der Waals surface area contributed by atoms with Gasteiger partial charge < -0.3 is 5.73 Å². The molecule has 6 heteroatoms. The van der Waals surface area contributed by atoms with Crippen molar-refractivity contribution in [3.05, 3.63) is 22.7 Å². The lowest BCUT2D eigenvalue weighted by atomic mass is 10.2. The fraction of sp³-hybridized carbons (Fsp3) is 0.273. The number of amides is 1. The number of nitrogen functional groups attached to an aromatic ring is 1. The number of nitrogens with one attached hydrogen (secondary N) is 1. The Bertz CT molecular complexity index is 576. The van der Waals surface area contributed by atoms with E-state index in [1.54, 1.807) is 25.3 Å². The predicted molar refractivity (Wildman–Crippen MR) is 69.9 cm³/mol. The maximum absolute atomic E-state index is 11.9. The molecule has 3 N–H and O–H groups in total. The topological polar surface area (TPSA) is 71.2 Å². The first-order valence-electron chi connectivity index (χ1n) is 5.12. The van der Waals surface area contributed by atoms with Crippen molar-refractivity contribution in [1.82, 2.24) is 15.4 Å². The Hall–Kier alpha value is -1.66. The second-order valence-electron chi connectivity index (χ2n) is 3.99. The number of aryl methyl sites for hydroxylation is 1. The molecule has 17 heavy (non-hydrogen) atoms. The summed E-state index contributed by atoms with van der Waals surface area (Å²) in [7, 11) is 3.51. The minimum atomic E-state index is -0.199. The number of pyridine rings is 1. The molecule has 2 heterocycles. The van der Waals surface area contributed by atoms with E-state index < -0.39 is 0 Å². The predicted octanol–water partition coefficient (Wildman–Crippen LogP) is 1.39. The molecule has 0 fully saturated rings. The van der Waals surface area contributed by atoms with Gasteiger partial charge in [-0.05, 0) is 18.6 Å². The van der Waals surface area contributed by atoms with Gasteiger partial charge in [0, 0.05) is 25.7 Å². The van der Waals surface area contributed by atoms with Crippen LogP contribution in [0.2, 0.25) is 0 Å². The normalized spacial score (nSPS) is 11.1. The third kappa shape index (κ3) is 2.09. The number of carbonyl (C=O) groups is 1. The molecule has 0 spiro atoms. The zero-order chi connectivity index (χ0) is 12.6. The third-order valence-corrected chi connectivity index (χ3v) is 3.48.